The second-order valence-corrected chi connectivity index (χ2v) is 8.67. The highest BCUT2D eigenvalue weighted by Gasteiger charge is 2.46. The molecule has 7 heteroatoms. The van der Waals surface area contributed by atoms with Crippen molar-refractivity contribution in [2.45, 2.75) is 26.4 Å². The van der Waals surface area contributed by atoms with Crippen LogP contribution < -0.4 is 4.74 Å². The summed E-state index contributed by atoms with van der Waals surface area (Å²) in [6, 6.07) is 15.5. The lowest BCUT2D eigenvalue weighted by Crippen LogP contribution is -2.29. The van der Waals surface area contributed by atoms with Crippen molar-refractivity contribution in [1.29, 1.82) is 0 Å². The first-order valence-electron chi connectivity index (χ1n) is 10.6. The number of rotatable bonds is 6. The predicted molar refractivity (Wildman–Crippen MR) is 129 cm³/mol. The van der Waals surface area contributed by atoms with Gasteiger partial charge in [-0.1, -0.05) is 34.1 Å². The van der Waals surface area contributed by atoms with Crippen LogP contribution in [-0.2, 0) is 16.1 Å². The summed E-state index contributed by atoms with van der Waals surface area (Å²) in [5.41, 5.74) is 2.81. The number of ketones is 1. The number of pyridine rings is 1. The fraction of sp³-hybridized carbons (Fsp3) is 0.192. The second kappa shape index (κ2) is 9.58. The molecule has 0 saturated carbocycles. The Kier molecular flexibility index (Phi) is 6.60. The van der Waals surface area contributed by atoms with Gasteiger partial charge in [0.2, 0.25) is 0 Å². The maximum Gasteiger partial charge on any atom is 0.295 e. The van der Waals surface area contributed by atoms with Crippen LogP contribution in [0.25, 0.3) is 5.76 Å². The Bertz CT molecular complexity index is 1220. The smallest absolute Gasteiger partial charge is 0.295 e. The molecule has 6 nitrogen and oxygen atoms in total. The largest absolute Gasteiger partial charge is 0.507 e. The molecule has 3 aromatic rings. The van der Waals surface area contributed by atoms with Crippen LogP contribution in [-0.4, -0.2) is 33.3 Å². The van der Waals surface area contributed by atoms with Crippen molar-refractivity contribution in [1.82, 2.24) is 9.88 Å². The number of aromatic nitrogens is 1. The van der Waals surface area contributed by atoms with Gasteiger partial charge in [-0.2, -0.15) is 0 Å². The predicted octanol–water partition coefficient (Wildman–Crippen LogP) is 5.17. The molecule has 0 aliphatic carbocycles. The van der Waals surface area contributed by atoms with E-state index in [0.29, 0.717) is 17.9 Å². The Morgan fingerprint density at radius 1 is 1.15 bits per heavy atom. The van der Waals surface area contributed by atoms with Gasteiger partial charge in [-0.25, -0.2) is 0 Å². The molecule has 1 amide bonds. The standard InChI is InChI=1S/C26H23BrN2O4/c1-3-33-20-10-11-21(16(2)13-20)24(30)22-23(18-6-8-19(27)9-7-18)29(26(32)25(22)31)15-17-5-4-12-28-14-17/h4-14,23,30H,3,15H2,1-2H3/b24-22+. The summed E-state index contributed by atoms with van der Waals surface area (Å²) >= 11 is 3.43. The molecule has 0 bridgehead atoms. The highest BCUT2D eigenvalue weighted by Crippen LogP contribution is 2.41. The number of likely N-dealkylation sites (tertiary alicyclic amines) is 1. The van der Waals surface area contributed by atoms with Crippen LogP contribution in [0.3, 0.4) is 0 Å². The molecule has 1 aromatic heterocycles. The van der Waals surface area contributed by atoms with Crippen molar-refractivity contribution >= 4 is 33.4 Å². The third kappa shape index (κ3) is 4.54. The first-order chi connectivity index (χ1) is 15.9. The average Bonchev–Trinajstić information content (AvgIpc) is 3.05. The maximum absolute atomic E-state index is 13.2. The SMILES string of the molecule is CCOc1ccc(/C(O)=C2\C(=O)C(=O)N(Cc3cccnc3)C2c2ccc(Br)cc2)c(C)c1. The van der Waals surface area contributed by atoms with Crippen molar-refractivity contribution in [3.63, 3.8) is 0 Å². The first-order valence-corrected chi connectivity index (χ1v) is 11.4. The molecule has 168 valence electrons. The molecule has 1 saturated heterocycles. The number of aliphatic hydroxyl groups excluding tert-OH is 1. The minimum Gasteiger partial charge on any atom is -0.507 e. The Morgan fingerprint density at radius 2 is 1.91 bits per heavy atom. The summed E-state index contributed by atoms with van der Waals surface area (Å²) in [5.74, 6) is -0.891. The van der Waals surface area contributed by atoms with Crippen LogP contribution in [0, 0.1) is 6.92 Å². The van der Waals surface area contributed by atoms with E-state index in [9.17, 15) is 14.7 Å². The Balaban J connectivity index is 1.85. The summed E-state index contributed by atoms with van der Waals surface area (Å²) in [6.45, 7) is 4.44. The van der Waals surface area contributed by atoms with Gasteiger partial charge in [0.1, 0.15) is 11.5 Å². The van der Waals surface area contributed by atoms with Crippen molar-refractivity contribution in [2.75, 3.05) is 6.61 Å². The molecule has 0 radical (unpaired) electrons. The minimum atomic E-state index is -0.732. The molecule has 1 unspecified atom stereocenters. The van der Waals surface area contributed by atoms with E-state index in [2.05, 4.69) is 20.9 Å². The fourth-order valence-corrected chi connectivity index (χ4v) is 4.29. The van der Waals surface area contributed by atoms with Crippen molar-refractivity contribution in [2.24, 2.45) is 0 Å². The number of aryl methyl sites for hydroxylation is 1. The van der Waals surface area contributed by atoms with E-state index in [1.165, 1.54) is 4.90 Å². The number of nitrogens with zero attached hydrogens (tertiary/aromatic N) is 2. The number of ether oxygens (including phenoxy) is 1. The van der Waals surface area contributed by atoms with Gasteiger partial charge >= 0.3 is 0 Å². The second-order valence-electron chi connectivity index (χ2n) is 7.75. The molecule has 1 atom stereocenters. The molecular weight excluding hydrogens is 484 g/mol. The number of Topliss-reactive ketones (excluding diaryl/α,β-unsaturated/α-hetero) is 1. The number of aliphatic hydroxyl groups is 1. The van der Waals surface area contributed by atoms with Crippen molar-refractivity contribution in [3.8, 4) is 5.75 Å². The number of amides is 1. The lowest BCUT2D eigenvalue weighted by atomic mass is 9.94. The van der Waals surface area contributed by atoms with Crippen LogP contribution in [0.2, 0.25) is 0 Å². The van der Waals surface area contributed by atoms with E-state index in [-0.39, 0.29) is 17.9 Å². The van der Waals surface area contributed by atoms with Gasteiger partial charge in [-0.05, 0) is 66.9 Å². The molecule has 33 heavy (non-hydrogen) atoms. The summed E-state index contributed by atoms with van der Waals surface area (Å²) in [6.07, 6.45) is 3.31. The van der Waals surface area contributed by atoms with Crippen LogP contribution in [0.4, 0.5) is 0 Å². The lowest BCUT2D eigenvalue weighted by molar-refractivity contribution is -0.140. The van der Waals surface area contributed by atoms with Crippen LogP contribution >= 0.6 is 15.9 Å². The topological polar surface area (TPSA) is 79.7 Å². The maximum atomic E-state index is 13.2. The lowest BCUT2D eigenvalue weighted by Gasteiger charge is -2.25. The van der Waals surface area contributed by atoms with E-state index >= 15 is 0 Å². The monoisotopic (exact) mass is 506 g/mol. The zero-order valence-corrected chi connectivity index (χ0v) is 19.9. The number of halogens is 1. The van der Waals surface area contributed by atoms with Gasteiger partial charge in [-0.15, -0.1) is 0 Å². The van der Waals surface area contributed by atoms with E-state index in [1.807, 2.05) is 44.2 Å². The minimum absolute atomic E-state index is 0.0680. The molecule has 1 N–H and O–H groups in total. The molecular formula is C26H23BrN2O4. The third-order valence-corrected chi connectivity index (χ3v) is 6.09. The Hall–Kier alpha value is -3.45. The zero-order chi connectivity index (χ0) is 23.5. The number of carbonyl (C=O) groups excluding carboxylic acids is 2. The quantitative estimate of drug-likeness (QED) is 0.283. The normalized spacial score (nSPS) is 17.4. The van der Waals surface area contributed by atoms with Crippen molar-refractivity contribution < 1.29 is 19.4 Å². The summed E-state index contributed by atoms with van der Waals surface area (Å²) in [5, 5.41) is 11.3. The summed E-state index contributed by atoms with van der Waals surface area (Å²) in [4.78, 5) is 31.9. The van der Waals surface area contributed by atoms with Gasteiger partial charge in [0.15, 0.2) is 0 Å². The summed E-state index contributed by atoms with van der Waals surface area (Å²) < 4.78 is 6.41. The highest BCUT2D eigenvalue weighted by atomic mass is 79.9. The van der Waals surface area contributed by atoms with E-state index in [0.717, 1.165) is 21.2 Å². The number of benzene rings is 2. The molecule has 2 aromatic carbocycles. The van der Waals surface area contributed by atoms with Crippen LogP contribution in [0.1, 0.15) is 35.2 Å². The molecule has 1 aliphatic heterocycles. The molecule has 4 rings (SSSR count). The molecule has 1 aliphatic rings. The summed E-state index contributed by atoms with van der Waals surface area (Å²) in [7, 11) is 0. The van der Waals surface area contributed by atoms with Gasteiger partial charge in [-0.3, -0.25) is 14.6 Å². The van der Waals surface area contributed by atoms with Gasteiger partial charge in [0.05, 0.1) is 18.2 Å². The van der Waals surface area contributed by atoms with Crippen LogP contribution in [0.5, 0.6) is 5.75 Å². The van der Waals surface area contributed by atoms with Gasteiger partial charge < -0.3 is 14.7 Å². The molecule has 0 spiro atoms. The number of hydrogen-bond acceptors (Lipinski definition) is 5. The Labute approximate surface area is 200 Å². The first kappa shape index (κ1) is 22.7. The van der Waals surface area contributed by atoms with Crippen molar-refractivity contribution in [3.05, 3.63) is 99.3 Å². The van der Waals surface area contributed by atoms with Gasteiger partial charge in [0, 0.05) is 29.0 Å². The number of carbonyl (C=O) groups is 2. The van der Waals surface area contributed by atoms with E-state index < -0.39 is 17.7 Å². The Morgan fingerprint density at radius 3 is 2.55 bits per heavy atom. The zero-order valence-electron chi connectivity index (χ0n) is 18.3. The average molecular weight is 507 g/mol. The number of hydrogen-bond donors (Lipinski definition) is 1. The molecule has 1 fully saturated rings. The van der Waals surface area contributed by atoms with Crippen LogP contribution in [0.15, 0.2) is 77.0 Å². The van der Waals surface area contributed by atoms with Gasteiger partial charge in [0.25, 0.3) is 11.7 Å². The van der Waals surface area contributed by atoms with E-state index in [1.54, 1.807) is 36.7 Å². The molecule has 2 heterocycles. The third-order valence-electron chi connectivity index (χ3n) is 5.57. The highest BCUT2D eigenvalue weighted by molar-refractivity contribution is 9.10. The fourth-order valence-electron chi connectivity index (χ4n) is 4.03. The van der Waals surface area contributed by atoms with E-state index in [4.69, 9.17) is 4.74 Å².